The molecule has 0 amide bonds. The van der Waals surface area contributed by atoms with Crippen molar-refractivity contribution >= 4 is 5.97 Å². The van der Waals surface area contributed by atoms with Crippen molar-refractivity contribution in [2.24, 2.45) is 0 Å². The van der Waals surface area contributed by atoms with Gasteiger partial charge in [0.1, 0.15) is 12.0 Å². The molecule has 0 bridgehead atoms. The van der Waals surface area contributed by atoms with Gasteiger partial charge in [-0.2, -0.15) is 0 Å². The lowest BCUT2D eigenvalue weighted by molar-refractivity contribution is 0.0556. The van der Waals surface area contributed by atoms with E-state index >= 15 is 0 Å². The summed E-state index contributed by atoms with van der Waals surface area (Å²) in [6.45, 7) is 0. The first-order chi connectivity index (χ1) is 7.31. The van der Waals surface area contributed by atoms with Crippen LogP contribution in [0.4, 0.5) is 0 Å². The van der Waals surface area contributed by atoms with E-state index in [9.17, 15) is 4.79 Å². The predicted molar refractivity (Wildman–Crippen MR) is 46.7 cm³/mol. The van der Waals surface area contributed by atoms with Crippen molar-refractivity contribution < 1.29 is 13.9 Å². The van der Waals surface area contributed by atoms with Crippen LogP contribution in [0.15, 0.2) is 23.0 Å². The molecule has 0 aliphatic heterocycles. The van der Waals surface area contributed by atoms with Gasteiger partial charge in [0.05, 0.1) is 7.11 Å². The van der Waals surface area contributed by atoms with E-state index in [-0.39, 0.29) is 11.8 Å². The molecule has 0 aliphatic carbocycles. The number of rotatable bonds is 2. The van der Waals surface area contributed by atoms with Gasteiger partial charge < -0.3 is 9.15 Å². The van der Waals surface area contributed by atoms with Gasteiger partial charge in [-0.3, -0.25) is 0 Å². The van der Waals surface area contributed by atoms with Gasteiger partial charge in [-0.25, -0.2) is 14.8 Å². The summed E-state index contributed by atoms with van der Waals surface area (Å²) in [5.41, 5.74) is 0.452. The Labute approximate surface area is 84.1 Å². The van der Waals surface area contributed by atoms with Crippen LogP contribution >= 0.6 is 0 Å². The minimum Gasteiger partial charge on any atom is -0.462 e. The maximum absolute atomic E-state index is 11.0. The lowest BCUT2D eigenvalue weighted by Gasteiger charge is -1.91. The third kappa shape index (κ3) is 1.80. The fourth-order valence-corrected chi connectivity index (χ4v) is 0.914. The molecule has 15 heavy (non-hydrogen) atoms. The lowest BCUT2D eigenvalue weighted by atomic mass is 10.4. The van der Waals surface area contributed by atoms with Crippen molar-refractivity contribution in [2.75, 3.05) is 7.11 Å². The van der Waals surface area contributed by atoms with E-state index in [4.69, 9.17) is 4.42 Å². The maximum atomic E-state index is 11.0. The first-order valence-electron chi connectivity index (χ1n) is 3.99. The zero-order valence-electron chi connectivity index (χ0n) is 7.75. The summed E-state index contributed by atoms with van der Waals surface area (Å²) in [6, 6.07) is 1.59. The quantitative estimate of drug-likeness (QED) is 0.653. The van der Waals surface area contributed by atoms with Gasteiger partial charge in [0.15, 0.2) is 0 Å². The molecule has 0 aliphatic rings. The molecule has 0 atom stereocenters. The Bertz CT molecular complexity index is 468. The standard InChI is InChI=1S/C8H6N4O3/c1-14-8(13)7-12-11-6(15-7)5-2-3-9-4-10-5/h2-4H,1H3. The van der Waals surface area contributed by atoms with Gasteiger partial charge in [-0.05, 0) is 6.07 Å². The number of carbonyl (C=O) groups is 1. The Hall–Kier alpha value is -2.31. The van der Waals surface area contributed by atoms with Crippen molar-refractivity contribution in [3.05, 3.63) is 24.5 Å². The van der Waals surface area contributed by atoms with Gasteiger partial charge in [0, 0.05) is 6.20 Å². The van der Waals surface area contributed by atoms with E-state index in [0.717, 1.165) is 0 Å². The van der Waals surface area contributed by atoms with Gasteiger partial charge in [0.2, 0.25) is 0 Å². The lowest BCUT2D eigenvalue weighted by Crippen LogP contribution is -2.00. The summed E-state index contributed by atoms with van der Waals surface area (Å²) in [5.74, 6) is -0.730. The summed E-state index contributed by atoms with van der Waals surface area (Å²) in [4.78, 5) is 18.6. The highest BCUT2D eigenvalue weighted by molar-refractivity contribution is 5.84. The molecule has 0 saturated carbocycles. The van der Waals surface area contributed by atoms with E-state index in [2.05, 4.69) is 24.9 Å². The molecule has 0 fully saturated rings. The van der Waals surface area contributed by atoms with E-state index in [0.29, 0.717) is 5.69 Å². The molecule has 76 valence electrons. The topological polar surface area (TPSA) is 91.0 Å². The van der Waals surface area contributed by atoms with E-state index < -0.39 is 5.97 Å². The van der Waals surface area contributed by atoms with Crippen LogP contribution in [0.1, 0.15) is 10.7 Å². The third-order valence-corrected chi connectivity index (χ3v) is 1.59. The summed E-state index contributed by atoms with van der Waals surface area (Å²) < 4.78 is 9.45. The molecule has 0 N–H and O–H groups in total. The molecule has 2 aromatic heterocycles. The molecular formula is C8H6N4O3. The van der Waals surface area contributed by atoms with Crippen LogP contribution in [0.25, 0.3) is 11.6 Å². The Morgan fingerprint density at radius 2 is 2.33 bits per heavy atom. The maximum Gasteiger partial charge on any atom is 0.396 e. The van der Waals surface area contributed by atoms with Crippen LogP contribution in [-0.4, -0.2) is 33.2 Å². The van der Waals surface area contributed by atoms with Gasteiger partial charge in [-0.1, -0.05) is 0 Å². The number of esters is 1. The zero-order valence-corrected chi connectivity index (χ0v) is 7.75. The summed E-state index contributed by atoms with van der Waals surface area (Å²) in [7, 11) is 1.23. The van der Waals surface area contributed by atoms with Gasteiger partial charge in [-0.15, -0.1) is 10.2 Å². The number of carbonyl (C=O) groups excluding carboxylic acids is 1. The van der Waals surface area contributed by atoms with Crippen LogP contribution in [0.3, 0.4) is 0 Å². The molecule has 2 rings (SSSR count). The fourth-order valence-electron chi connectivity index (χ4n) is 0.914. The van der Waals surface area contributed by atoms with Crippen LogP contribution < -0.4 is 0 Å². The van der Waals surface area contributed by atoms with E-state index in [1.165, 1.54) is 19.6 Å². The molecule has 2 aromatic rings. The number of nitrogens with zero attached hydrogens (tertiary/aromatic N) is 4. The van der Waals surface area contributed by atoms with E-state index in [1.807, 2.05) is 0 Å². The number of ether oxygens (including phenoxy) is 1. The van der Waals surface area contributed by atoms with Crippen molar-refractivity contribution in [2.45, 2.75) is 0 Å². The number of methoxy groups -OCH3 is 1. The third-order valence-electron chi connectivity index (χ3n) is 1.59. The Morgan fingerprint density at radius 1 is 1.47 bits per heavy atom. The Balaban J connectivity index is 2.32. The number of hydrogen-bond donors (Lipinski definition) is 0. The highest BCUT2D eigenvalue weighted by atomic mass is 16.5. The van der Waals surface area contributed by atoms with Gasteiger partial charge in [0.25, 0.3) is 5.89 Å². The molecular weight excluding hydrogens is 200 g/mol. The molecule has 7 heteroatoms. The number of aromatic nitrogens is 4. The number of hydrogen-bond acceptors (Lipinski definition) is 7. The highest BCUT2D eigenvalue weighted by Gasteiger charge is 2.16. The fraction of sp³-hybridized carbons (Fsp3) is 0.125. The molecule has 7 nitrogen and oxygen atoms in total. The minimum atomic E-state index is -0.678. The first-order valence-corrected chi connectivity index (χ1v) is 3.99. The van der Waals surface area contributed by atoms with E-state index in [1.54, 1.807) is 6.07 Å². The zero-order chi connectivity index (χ0) is 10.7. The average molecular weight is 206 g/mol. The predicted octanol–water partition coefficient (Wildman–Crippen LogP) is 0.313. The molecule has 0 unspecified atom stereocenters. The SMILES string of the molecule is COC(=O)c1nnc(-c2ccncn2)o1. The molecule has 0 saturated heterocycles. The van der Waals surface area contributed by atoms with Crippen molar-refractivity contribution in [1.29, 1.82) is 0 Å². The van der Waals surface area contributed by atoms with Crippen molar-refractivity contribution in [3.8, 4) is 11.6 Å². The smallest absolute Gasteiger partial charge is 0.396 e. The summed E-state index contributed by atoms with van der Waals surface area (Å²) >= 11 is 0. The second-order valence-corrected chi connectivity index (χ2v) is 2.50. The minimum absolute atomic E-state index is 0.151. The first kappa shape index (κ1) is 9.25. The normalized spacial score (nSPS) is 9.93. The summed E-state index contributed by atoms with van der Waals surface area (Å²) in [5, 5.41) is 7.16. The van der Waals surface area contributed by atoms with Gasteiger partial charge >= 0.3 is 11.9 Å². The Kier molecular flexibility index (Phi) is 2.36. The largest absolute Gasteiger partial charge is 0.462 e. The summed E-state index contributed by atoms with van der Waals surface area (Å²) in [6.07, 6.45) is 2.88. The second kappa shape index (κ2) is 3.82. The molecule has 2 heterocycles. The Morgan fingerprint density at radius 3 is 3.00 bits per heavy atom. The van der Waals surface area contributed by atoms with Crippen LogP contribution in [0.5, 0.6) is 0 Å². The average Bonchev–Trinajstić information content (AvgIpc) is 2.78. The van der Waals surface area contributed by atoms with Crippen molar-refractivity contribution in [1.82, 2.24) is 20.2 Å². The van der Waals surface area contributed by atoms with Crippen LogP contribution in [0, 0.1) is 0 Å². The molecule has 0 radical (unpaired) electrons. The highest BCUT2D eigenvalue weighted by Crippen LogP contribution is 2.13. The van der Waals surface area contributed by atoms with Crippen LogP contribution in [-0.2, 0) is 4.74 Å². The second-order valence-electron chi connectivity index (χ2n) is 2.50. The monoisotopic (exact) mass is 206 g/mol. The molecule has 0 spiro atoms. The van der Waals surface area contributed by atoms with Crippen molar-refractivity contribution in [3.63, 3.8) is 0 Å². The molecule has 0 aromatic carbocycles. The van der Waals surface area contributed by atoms with Crippen LogP contribution in [0.2, 0.25) is 0 Å².